The number of anilines is 1. The van der Waals surface area contributed by atoms with Crippen LogP contribution in [0.1, 0.15) is 16.8 Å². The van der Waals surface area contributed by atoms with E-state index < -0.39 is 0 Å². The third kappa shape index (κ3) is 3.00. The van der Waals surface area contributed by atoms with Gasteiger partial charge in [0.1, 0.15) is 0 Å². The molecule has 2 heterocycles. The molecule has 0 amide bonds. The lowest BCUT2D eigenvalue weighted by atomic mass is 10.1. The van der Waals surface area contributed by atoms with Gasteiger partial charge in [0.05, 0.1) is 0 Å². The van der Waals surface area contributed by atoms with Crippen molar-refractivity contribution in [2.45, 2.75) is 13.3 Å². The number of rotatable bonds is 3. The largest absolute Gasteiger partial charge is 0.347 e. The zero-order valence-electron chi connectivity index (χ0n) is 10.4. The summed E-state index contributed by atoms with van der Waals surface area (Å²) in [7, 11) is 3.86. The highest BCUT2D eigenvalue weighted by Gasteiger charge is 2.01. The summed E-state index contributed by atoms with van der Waals surface area (Å²) in [6.45, 7) is 1.98. The SMILES string of the molecule is Cc1ccc(Cc2cnc(N(C)C)nc2)cn1. The molecule has 2 rings (SSSR count). The molecule has 17 heavy (non-hydrogen) atoms. The van der Waals surface area contributed by atoms with Gasteiger partial charge in [0.2, 0.25) is 5.95 Å². The highest BCUT2D eigenvalue weighted by molar-refractivity contribution is 5.28. The summed E-state index contributed by atoms with van der Waals surface area (Å²) in [5, 5.41) is 0. The maximum Gasteiger partial charge on any atom is 0.224 e. The summed E-state index contributed by atoms with van der Waals surface area (Å²) < 4.78 is 0. The second-order valence-corrected chi connectivity index (χ2v) is 4.27. The predicted molar refractivity (Wildman–Crippen MR) is 68.1 cm³/mol. The van der Waals surface area contributed by atoms with Crippen LogP contribution in [-0.2, 0) is 6.42 Å². The van der Waals surface area contributed by atoms with E-state index in [-0.39, 0.29) is 0 Å². The van der Waals surface area contributed by atoms with Crippen LogP contribution in [0.3, 0.4) is 0 Å². The lowest BCUT2D eigenvalue weighted by molar-refractivity contribution is 0.972. The van der Waals surface area contributed by atoms with Crippen LogP contribution in [0, 0.1) is 6.92 Å². The first-order valence-corrected chi connectivity index (χ1v) is 5.55. The Bertz CT molecular complexity index is 474. The van der Waals surface area contributed by atoms with E-state index in [0.29, 0.717) is 0 Å². The molecule has 0 aliphatic heterocycles. The standard InChI is InChI=1S/C13H16N4/c1-10-4-5-11(7-14-10)6-12-8-15-13(16-9-12)17(2)3/h4-5,7-9H,6H2,1-3H3. The molecule has 0 spiro atoms. The molecule has 0 aromatic carbocycles. The summed E-state index contributed by atoms with van der Waals surface area (Å²) in [6.07, 6.45) is 6.44. The van der Waals surface area contributed by atoms with Crippen LogP contribution < -0.4 is 4.90 Å². The maximum absolute atomic E-state index is 4.29. The van der Waals surface area contributed by atoms with Crippen LogP contribution in [0.25, 0.3) is 0 Å². The Morgan fingerprint density at radius 1 is 0.941 bits per heavy atom. The zero-order chi connectivity index (χ0) is 12.3. The minimum absolute atomic E-state index is 0.732. The molecule has 0 saturated heterocycles. The molecule has 0 atom stereocenters. The fourth-order valence-corrected chi connectivity index (χ4v) is 1.51. The van der Waals surface area contributed by atoms with Gasteiger partial charge in [-0.15, -0.1) is 0 Å². The fourth-order valence-electron chi connectivity index (χ4n) is 1.51. The van der Waals surface area contributed by atoms with Gasteiger partial charge in [-0.05, 0) is 24.1 Å². The number of hydrogen-bond acceptors (Lipinski definition) is 4. The molecule has 0 bridgehead atoms. The van der Waals surface area contributed by atoms with Crippen LogP contribution >= 0.6 is 0 Å². The van der Waals surface area contributed by atoms with Crippen molar-refractivity contribution >= 4 is 5.95 Å². The Hall–Kier alpha value is -1.97. The minimum atomic E-state index is 0.732. The molecule has 4 nitrogen and oxygen atoms in total. The number of hydrogen-bond donors (Lipinski definition) is 0. The minimum Gasteiger partial charge on any atom is -0.347 e. The molecule has 0 fully saturated rings. The summed E-state index contributed by atoms with van der Waals surface area (Å²) in [6, 6.07) is 4.10. The molecule has 4 heteroatoms. The normalized spacial score (nSPS) is 10.3. The van der Waals surface area contributed by atoms with E-state index in [4.69, 9.17) is 0 Å². The third-order valence-electron chi connectivity index (χ3n) is 2.47. The number of pyridine rings is 1. The highest BCUT2D eigenvalue weighted by atomic mass is 15.2. The summed E-state index contributed by atoms with van der Waals surface area (Å²) in [5.41, 5.74) is 3.31. The topological polar surface area (TPSA) is 41.9 Å². The van der Waals surface area contributed by atoms with E-state index in [9.17, 15) is 0 Å². The van der Waals surface area contributed by atoms with E-state index >= 15 is 0 Å². The molecule has 0 saturated carbocycles. The van der Waals surface area contributed by atoms with E-state index in [1.807, 2.05) is 50.6 Å². The van der Waals surface area contributed by atoms with Gasteiger partial charge in [-0.2, -0.15) is 0 Å². The first-order chi connectivity index (χ1) is 8.15. The third-order valence-corrected chi connectivity index (χ3v) is 2.47. The Balaban J connectivity index is 2.11. The summed E-state index contributed by atoms with van der Waals surface area (Å²) in [4.78, 5) is 14.7. The second-order valence-electron chi connectivity index (χ2n) is 4.27. The van der Waals surface area contributed by atoms with Gasteiger partial charge >= 0.3 is 0 Å². The molecule has 0 radical (unpaired) electrons. The van der Waals surface area contributed by atoms with Gasteiger partial charge in [0, 0.05) is 44.8 Å². The van der Waals surface area contributed by atoms with Gasteiger partial charge < -0.3 is 4.90 Å². The molecular weight excluding hydrogens is 212 g/mol. The first-order valence-electron chi connectivity index (χ1n) is 5.55. The van der Waals surface area contributed by atoms with Crippen molar-refractivity contribution in [2.24, 2.45) is 0 Å². The first kappa shape index (κ1) is 11.5. The van der Waals surface area contributed by atoms with E-state index in [1.54, 1.807) is 0 Å². The van der Waals surface area contributed by atoms with Gasteiger partial charge in [0.15, 0.2) is 0 Å². The molecular formula is C13H16N4. The average molecular weight is 228 g/mol. The number of aromatic nitrogens is 3. The number of aryl methyl sites for hydroxylation is 1. The predicted octanol–water partition coefficient (Wildman–Crippen LogP) is 1.84. The summed E-state index contributed by atoms with van der Waals surface area (Å²) in [5.74, 6) is 0.732. The Morgan fingerprint density at radius 2 is 1.59 bits per heavy atom. The molecule has 88 valence electrons. The highest BCUT2D eigenvalue weighted by Crippen LogP contribution is 2.09. The lowest BCUT2D eigenvalue weighted by Gasteiger charge is -2.09. The van der Waals surface area contributed by atoms with E-state index in [2.05, 4.69) is 21.0 Å². The maximum atomic E-state index is 4.29. The van der Waals surface area contributed by atoms with Crippen molar-refractivity contribution in [2.75, 3.05) is 19.0 Å². The van der Waals surface area contributed by atoms with Crippen molar-refractivity contribution in [1.82, 2.24) is 15.0 Å². The van der Waals surface area contributed by atoms with Gasteiger partial charge in [-0.3, -0.25) is 4.98 Å². The zero-order valence-corrected chi connectivity index (χ0v) is 10.4. The van der Waals surface area contributed by atoms with Crippen molar-refractivity contribution in [3.8, 4) is 0 Å². The quantitative estimate of drug-likeness (QED) is 0.804. The average Bonchev–Trinajstić information content (AvgIpc) is 2.33. The molecule has 2 aromatic rings. The summed E-state index contributed by atoms with van der Waals surface area (Å²) >= 11 is 0. The van der Waals surface area contributed by atoms with Crippen molar-refractivity contribution in [1.29, 1.82) is 0 Å². The lowest BCUT2D eigenvalue weighted by Crippen LogP contribution is -2.12. The van der Waals surface area contributed by atoms with Crippen molar-refractivity contribution in [3.05, 3.63) is 47.5 Å². The van der Waals surface area contributed by atoms with Gasteiger partial charge in [-0.25, -0.2) is 9.97 Å². The van der Waals surface area contributed by atoms with Crippen molar-refractivity contribution in [3.63, 3.8) is 0 Å². The van der Waals surface area contributed by atoms with Crippen LogP contribution in [-0.4, -0.2) is 29.0 Å². The fraction of sp³-hybridized carbons (Fsp3) is 0.308. The monoisotopic (exact) mass is 228 g/mol. The molecule has 0 aliphatic rings. The van der Waals surface area contributed by atoms with Crippen LogP contribution in [0.5, 0.6) is 0 Å². The smallest absolute Gasteiger partial charge is 0.224 e. The van der Waals surface area contributed by atoms with Crippen LogP contribution in [0.2, 0.25) is 0 Å². The van der Waals surface area contributed by atoms with Gasteiger partial charge in [0.25, 0.3) is 0 Å². The molecule has 0 N–H and O–H groups in total. The molecule has 0 aliphatic carbocycles. The van der Waals surface area contributed by atoms with Gasteiger partial charge in [-0.1, -0.05) is 6.07 Å². The van der Waals surface area contributed by atoms with Crippen molar-refractivity contribution < 1.29 is 0 Å². The Labute approximate surface area is 101 Å². The Kier molecular flexibility index (Phi) is 3.32. The second kappa shape index (κ2) is 4.91. The molecule has 0 unspecified atom stereocenters. The van der Waals surface area contributed by atoms with Crippen LogP contribution in [0.4, 0.5) is 5.95 Å². The molecule has 2 aromatic heterocycles. The van der Waals surface area contributed by atoms with Crippen LogP contribution in [0.15, 0.2) is 30.7 Å². The Morgan fingerprint density at radius 3 is 2.12 bits per heavy atom. The van der Waals surface area contributed by atoms with E-state index in [1.165, 1.54) is 5.56 Å². The van der Waals surface area contributed by atoms with E-state index in [0.717, 1.165) is 23.6 Å². The number of nitrogens with zero attached hydrogens (tertiary/aromatic N) is 4.